The zero-order valence-corrected chi connectivity index (χ0v) is 20.3. The van der Waals surface area contributed by atoms with E-state index in [9.17, 15) is 17.6 Å². The van der Waals surface area contributed by atoms with E-state index in [1.54, 1.807) is 48.5 Å². The topological polar surface area (TPSA) is 85.8 Å². The smallest absolute Gasteiger partial charge is 0.337 e. The Morgan fingerprint density at radius 3 is 2.35 bits per heavy atom. The van der Waals surface area contributed by atoms with Gasteiger partial charge in [0, 0.05) is 6.20 Å². The molecule has 0 aliphatic rings. The molecule has 3 rings (SSSR count). The number of aryl methyl sites for hydroxylation is 2. The number of hydrogen-bond donors (Lipinski definition) is 0. The van der Waals surface area contributed by atoms with Crippen molar-refractivity contribution in [3.63, 3.8) is 0 Å². The van der Waals surface area contributed by atoms with Crippen LogP contribution >= 0.6 is 0 Å². The van der Waals surface area contributed by atoms with Gasteiger partial charge in [0.2, 0.25) is 0 Å². The van der Waals surface area contributed by atoms with Gasteiger partial charge in [-0.1, -0.05) is 18.2 Å². The van der Waals surface area contributed by atoms with E-state index in [1.807, 2.05) is 13.8 Å². The van der Waals surface area contributed by atoms with Crippen LogP contribution in [0.4, 0.5) is 10.1 Å². The van der Waals surface area contributed by atoms with Gasteiger partial charge in [0.1, 0.15) is 18.5 Å². The minimum Gasteiger partial charge on any atom is -0.487 e. The number of aromatic nitrogens is 1. The maximum atomic E-state index is 14.2. The van der Waals surface area contributed by atoms with Crippen LogP contribution in [0, 0.1) is 13.8 Å². The molecule has 0 N–H and O–H groups in total. The molecule has 0 bridgehead atoms. The van der Waals surface area contributed by atoms with E-state index >= 15 is 0 Å². The van der Waals surface area contributed by atoms with Crippen LogP contribution in [0.3, 0.4) is 0 Å². The Kier molecular flexibility index (Phi) is 7.88. The van der Waals surface area contributed by atoms with Crippen molar-refractivity contribution in [3.05, 3.63) is 83.0 Å². The van der Waals surface area contributed by atoms with Gasteiger partial charge < -0.3 is 9.47 Å². The Balaban J connectivity index is 1.99. The van der Waals surface area contributed by atoms with Gasteiger partial charge in [0.15, 0.2) is 5.03 Å². The molecule has 1 atom stereocenters. The van der Waals surface area contributed by atoms with Crippen LogP contribution in [-0.2, 0) is 21.4 Å². The van der Waals surface area contributed by atoms with Gasteiger partial charge in [-0.2, -0.15) is 8.42 Å². The predicted molar refractivity (Wildman–Crippen MR) is 127 cm³/mol. The molecular formula is C25H27FN2O5S. The van der Waals surface area contributed by atoms with Crippen molar-refractivity contribution >= 4 is 21.7 Å². The van der Waals surface area contributed by atoms with Gasteiger partial charge in [-0.05, 0) is 73.9 Å². The molecule has 3 aromatic rings. The number of methoxy groups -OCH3 is 1. The number of hydrogen-bond acceptors (Lipinski definition) is 6. The Hall–Kier alpha value is -3.46. The molecule has 0 amide bonds. The first-order valence-corrected chi connectivity index (χ1v) is 12.1. The monoisotopic (exact) mass is 486 g/mol. The normalized spacial score (nSPS) is 12.1. The average molecular weight is 487 g/mol. The fraction of sp³-hybridized carbons (Fsp3) is 0.280. The van der Waals surface area contributed by atoms with Crippen LogP contribution in [0.15, 0.2) is 65.8 Å². The first-order chi connectivity index (χ1) is 16.1. The van der Waals surface area contributed by atoms with Gasteiger partial charge in [0.25, 0.3) is 10.0 Å². The highest BCUT2D eigenvalue weighted by Gasteiger charge is 2.30. The molecule has 1 heterocycles. The van der Waals surface area contributed by atoms with Gasteiger partial charge in [0.05, 0.1) is 24.9 Å². The number of pyridine rings is 1. The maximum absolute atomic E-state index is 14.2. The lowest BCUT2D eigenvalue weighted by Crippen LogP contribution is -2.36. The van der Waals surface area contributed by atoms with Crippen LogP contribution in [0.5, 0.6) is 5.75 Å². The van der Waals surface area contributed by atoms with E-state index in [-0.39, 0.29) is 17.3 Å². The number of rotatable bonds is 9. The zero-order valence-electron chi connectivity index (χ0n) is 19.5. The van der Waals surface area contributed by atoms with E-state index < -0.39 is 28.7 Å². The molecular weight excluding hydrogens is 459 g/mol. The van der Waals surface area contributed by atoms with Gasteiger partial charge in [-0.3, -0.25) is 4.31 Å². The molecule has 34 heavy (non-hydrogen) atoms. The number of anilines is 1. The summed E-state index contributed by atoms with van der Waals surface area (Å²) in [6, 6.07) is 14.6. The van der Waals surface area contributed by atoms with Crippen LogP contribution in [0.2, 0.25) is 0 Å². The van der Waals surface area contributed by atoms with E-state index in [0.717, 1.165) is 21.0 Å². The number of halogens is 1. The number of nitrogens with zero attached hydrogens (tertiary/aromatic N) is 2. The third-order valence-electron chi connectivity index (χ3n) is 5.22. The molecule has 1 aromatic heterocycles. The van der Waals surface area contributed by atoms with Crippen molar-refractivity contribution in [1.29, 1.82) is 0 Å². The number of esters is 1. The molecule has 180 valence electrons. The number of carbonyl (C=O) groups excluding carboxylic acids is 1. The third kappa shape index (κ3) is 5.72. The number of sulfonamides is 1. The predicted octanol–water partition coefficient (Wildman–Crippen LogP) is 4.62. The molecule has 0 spiro atoms. The first kappa shape index (κ1) is 25.2. The van der Waals surface area contributed by atoms with Gasteiger partial charge in [-0.15, -0.1) is 0 Å². The summed E-state index contributed by atoms with van der Waals surface area (Å²) in [5.41, 5.74) is 3.11. The van der Waals surface area contributed by atoms with Crippen LogP contribution < -0.4 is 9.04 Å². The Morgan fingerprint density at radius 2 is 1.76 bits per heavy atom. The van der Waals surface area contributed by atoms with E-state index in [4.69, 9.17) is 9.47 Å². The van der Waals surface area contributed by atoms with Crippen molar-refractivity contribution in [1.82, 2.24) is 4.98 Å². The highest BCUT2D eigenvalue weighted by atomic mass is 32.2. The fourth-order valence-corrected chi connectivity index (χ4v) is 4.74. The van der Waals surface area contributed by atoms with Crippen LogP contribution in [0.1, 0.15) is 34.0 Å². The number of ether oxygens (including phenoxy) is 2. The second kappa shape index (κ2) is 10.6. The van der Waals surface area contributed by atoms with Crippen molar-refractivity contribution < 1.29 is 27.1 Å². The third-order valence-corrected chi connectivity index (χ3v) is 6.92. The molecule has 7 nitrogen and oxygen atoms in total. The lowest BCUT2D eigenvalue weighted by molar-refractivity contribution is 0.0600. The van der Waals surface area contributed by atoms with Crippen molar-refractivity contribution in [2.75, 3.05) is 18.0 Å². The highest BCUT2D eigenvalue weighted by molar-refractivity contribution is 7.92. The fourth-order valence-electron chi connectivity index (χ4n) is 3.27. The summed E-state index contributed by atoms with van der Waals surface area (Å²) in [6.07, 6.45) is -0.0569. The van der Waals surface area contributed by atoms with Gasteiger partial charge in [-0.25, -0.2) is 14.2 Å². The molecule has 0 radical (unpaired) electrons. The zero-order chi connectivity index (χ0) is 24.9. The summed E-state index contributed by atoms with van der Waals surface area (Å²) in [6.45, 7) is 4.74. The largest absolute Gasteiger partial charge is 0.487 e. The number of carbonyl (C=O) groups is 1. The summed E-state index contributed by atoms with van der Waals surface area (Å²) in [7, 11) is -2.84. The second-order valence-corrected chi connectivity index (χ2v) is 9.68. The SMILES string of the molecule is COC(=O)c1ccc(COc2cc(C)c(C)cc2N(CC(C)F)S(=O)(=O)c2ccccn2)cc1. The van der Waals surface area contributed by atoms with Crippen LogP contribution in [0.25, 0.3) is 0 Å². The molecule has 2 aromatic carbocycles. The molecule has 9 heteroatoms. The number of benzene rings is 2. The molecule has 1 unspecified atom stereocenters. The van der Waals surface area contributed by atoms with Gasteiger partial charge >= 0.3 is 5.97 Å². The Labute approximate surface area is 199 Å². The lowest BCUT2D eigenvalue weighted by atomic mass is 10.1. The summed E-state index contributed by atoms with van der Waals surface area (Å²) in [5.74, 6) is -0.153. The van der Waals surface area contributed by atoms with E-state index in [0.29, 0.717) is 11.3 Å². The van der Waals surface area contributed by atoms with Crippen LogP contribution in [-0.4, -0.2) is 39.2 Å². The standard InChI is InChI=1S/C25H27FN2O5S/c1-17-13-22(28(15-19(3)26)34(30,31)24-7-5-6-12-27-24)23(14-18(17)2)33-16-20-8-10-21(11-9-20)25(29)32-4/h5-14,19H,15-16H2,1-4H3. The summed E-state index contributed by atoms with van der Waals surface area (Å²) < 4.78 is 52.7. The molecule has 0 saturated heterocycles. The van der Waals surface area contributed by atoms with Crippen molar-refractivity contribution in [2.45, 2.75) is 38.6 Å². The Bertz CT molecular complexity index is 1250. The lowest BCUT2D eigenvalue weighted by Gasteiger charge is -2.27. The minimum atomic E-state index is -4.15. The summed E-state index contributed by atoms with van der Waals surface area (Å²) in [4.78, 5) is 15.6. The molecule has 0 saturated carbocycles. The summed E-state index contributed by atoms with van der Waals surface area (Å²) in [5, 5.41) is -0.182. The number of alkyl halides is 1. The quantitative estimate of drug-likeness (QED) is 0.411. The van der Waals surface area contributed by atoms with Crippen molar-refractivity contribution in [2.24, 2.45) is 0 Å². The van der Waals surface area contributed by atoms with E-state index in [2.05, 4.69) is 4.98 Å². The van der Waals surface area contributed by atoms with Crippen molar-refractivity contribution in [3.8, 4) is 5.75 Å². The average Bonchev–Trinajstić information content (AvgIpc) is 2.83. The molecule has 0 aliphatic carbocycles. The first-order valence-electron chi connectivity index (χ1n) is 10.6. The highest BCUT2D eigenvalue weighted by Crippen LogP contribution is 2.35. The molecule has 0 aliphatic heterocycles. The minimum absolute atomic E-state index is 0.111. The maximum Gasteiger partial charge on any atom is 0.337 e. The van der Waals surface area contributed by atoms with E-state index in [1.165, 1.54) is 26.3 Å². The summed E-state index contributed by atoms with van der Waals surface area (Å²) >= 11 is 0. The molecule has 0 fully saturated rings. The Morgan fingerprint density at radius 1 is 1.09 bits per heavy atom. The second-order valence-electron chi connectivity index (χ2n) is 7.87.